The highest BCUT2D eigenvalue weighted by Gasteiger charge is 2.21. The highest BCUT2D eigenvalue weighted by molar-refractivity contribution is 6.20. The number of aryl methyl sites for hydroxylation is 1. The summed E-state index contributed by atoms with van der Waals surface area (Å²) < 4.78 is 0. The van der Waals surface area contributed by atoms with E-state index < -0.39 is 0 Å². The highest BCUT2D eigenvalue weighted by atomic mass is 35.5. The van der Waals surface area contributed by atoms with Gasteiger partial charge in [-0.3, -0.25) is 0 Å². The van der Waals surface area contributed by atoms with Crippen LogP contribution in [0, 0.1) is 0 Å². The molecule has 1 fully saturated rings. The third kappa shape index (κ3) is 2.75. The van der Waals surface area contributed by atoms with E-state index in [0.29, 0.717) is 11.3 Å². The first-order valence-electron chi connectivity index (χ1n) is 6.02. The lowest BCUT2D eigenvalue weighted by atomic mass is 9.83. The van der Waals surface area contributed by atoms with Crippen LogP contribution in [0.5, 0.6) is 0 Å². The minimum absolute atomic E-state index is 0.398. The van der Waals surface area contributed by atoms with Crippen LogP contribution in [0.25, 0.3) is 0 Å². The second-order valence-electron chi connectivity index (χ2n) is 4.56. The Kier molecular flexibility index (Phi) is 3.69. The predicted molar refractivity (Wildman–Crippen MR) is 66.7 cm³/mol. The van der Waals surface area contributed by atoms with Gasteiger partial charge in [-0.05, 0) is 42.7 Å². The van der Waals surface area contributed by atoms with Crippen molar-refractivity contribution in [1.29, 1.82) is 0 Å². The minimum atomic E-state index is 0.398. The molecule has 82 valence electrons. The molecular formula is C14H19Cl. The topological polar surface area (TPSA) is 0 Å². The Morgan fingerprint density at radius 3 is 2.53 bits per heavy atom. The summed E-state index contributed by atoms with van der Waals surface area (Å²) in [6, 6.07) is 9.09. The average molecular weight is 223 g/mol. The Balaban J connectivity index is 2.07. The number of hydrogen-bond donors (Lipinski definition) is 0. The van der Waals surface area contributed by atoms with E-state index >= 15 is 0 Å². The van der Waals surface area contributed by atoms with Crippen molar-refractivity contribution >= 4 is 11.6 Å². The Labute approximate surface area is 97.6 Å². The summed E-state index contributed by atoms with van der Waals surface area (Å²) >= 11 is 6.22. The van der Waals surface area contributed by atoms with Crippen molar-refractivity contribution in [3.05, 3.63) is 35.4 Å². The Hall–Kier alpha value is -0.490. The number of halogens is 1. The number of benzene rings is 1. The van der Waals surface area contributed by atoms with Crippen molar-refractivity contribution in [2.45, 2.75) is 50.3 Å². The van der Waals surface area contributed by atoms with Crippen molar-refractivity contribution in [1.82, 2.24) is 0 Å². The SMILES string of the molecule is CCc1ccc(C2CCCC(Cl)C2)cc1. The molecule has 1 aromatic rings. The summed E-state index contributed by atoms with van der Waals surface area (Å²) in [5.41, 5.74) is 2.91. The monoisotopic (exact) mass is 222 g/mol. The molecule has 0 N–H and O–H groups in total. The van der Waals surface area contributed by atoms with Gasteiger partial charge < -0.3 is 0 Å². The van der Waals surface area contributed by atoms with Gasteiger partial charge in [0.25, 0.3) is 0 Å². The van der Waals surface area contributed by atoms with Crippen molar-refractivity contribution in [2.75, 3.05) is 0 Å². The molecule has 0 spiro atoms. The zero-order valence-corrected chi connectivity index (χ0v) is 10.1. The van der Waals surface area contributed by atoms with Gasteiger partial charge in [-0.25, -0.2) is 0 Å². The van der Waals surface area contributed by atoms with Crippen molar-refractivity contribution in [3.8, 4) is 0 Å². The maximum atomic E-state index is 6.22. The maximum absolute atomic E-state index is 6.22. The van der Waals surface area contributed by atoms with E-state index in [0.717, 1.165) is 12.8 Å². The fraction of sp³-hybridized carbons (Fsp3) is 0.571. The van der Waals surface area contributed by atoms with Gasteiger partial charge in [0.1, 0.15) is 0 Å². The lowest BCUT2D eigenvalue weighted by Gasteiger charge is -2.25. The van der Waals surface area contributed by atoms with Crippen LogP contribution in [0.3, 0.4) is 0 Å². The maximum Gasteiger partial charge on any atom is 0.0341 e. The molecule has 1 aliphatic carbocycles. The largest absolute Gasteiger partial charge is 0.123 e. The lowest BCUT2D eigenvalue weighted by Crippen LogP contribution is -2.13. The fourth-order valence-electron chi connectivity index (χ4n) is 2.46. The summed E-state index contributed by atoms with van der Waals surface area (Å²) in [5, 5.41) is 0.398. The first kappa shape index (κ1) is 11.0. The van der Waals surface area contributed by atoms with Crippen LogP contribution in [0.2, 0.25) is 0 Å². The van der Waals surface area contributed by atoms with E-state index in [2.05, 4.69) is 31.2 Å². The van der Waals surface area contributed by atoms with E-state index in [1.54, 1.807) is 0 Å². The first-order chi connectivity index (χ1) is 7.29. The molecule has 1 saturated carbocycles. The fourth-order valence-corrected chi connectivity index (χ4v) is 2.83. The van der Waals surface area contributed by atoms with Gasteiger partial charge >= 0.3 is 0 Å². The standard InChI is InChI=1S/C14H19Cl/c1-2-11-6-8-12(9-7-11)13-4-3-5-14(15)10-13/h6-9,13-14H,2-5,10H2,1H3. The van der Waals surface area contributed by atoms with Crippen LogP contribution >= 0.6 is 11.6 Å². The number of hydrogen-bond acceptors (Lipinski definition) is 0. The molecule has 0 nitrogen and oxygen atoms in total. The zero-order valence-electron chi connectivity index (χ0n) is 9.38. The third-order valence-corrected chi connectivity index (χ3v) is 3.87. The summed E-state index contributed by atoms with van der Waals surface area (Å²) in [4.78, 5) is 0. The summed E-state index contributed by atoms with van der Waals surface area (Å²) in [5.74, 6) is 0.701. The summed E-state index contributed by atoms with van der Waals surface area (Å²) in [6.45, 7) is 2.20. The second-order valence-corrected chi connectivity index (χ2v) is 5.17. The van der Waals surface area contributed by atoms with Gasteiger partial charge in [0, 0.05) is 5.38 Å². The zero-order chi connectivity index (χ0) is 10.7. The molecule has 2 rings (SSSR count). The Bertz CT molecular complexity index is 302. The molecule has 15 heavy (non-hydrogen) atoms. The molecule has 0 amide bonds. The van der Waals surface area contributed by atoms with Crippen LogP contribution in [-0.2, 0) is 6.42 Å². The van der Waals surface area contributed by atoms with Crippen LogP contribution in [0.1, 0.15) is 49.7 Å². The van der Waals surface area contributed by atoms with Crippen LogP contribution in [0.4, 0.5) is 0 Å². The molecule has 1 heteroatoms. The first-order valence-corrected chi connectivity index (χ1v) is 6.46. The molecule has 0 bridgehead atoms. The minimum Gasteiger partial charge on any atom is -0.123 e. The third-order valence-electron chi connectivity index (χ3n) is 3.47. The van der Waals surface area contributed by atoms with E-state index in [1.807, 2.05) is 0 Å². The molecule has 0 aliphatic heterocycles. The molecule has 0 radical (unpaired) electrons. The van der Waals surface area contributed by atoms with Crippen molar-refractivity contribution in [3.63, 3.8) is 0 Å². The lowest BCUT2D eigenvalue weighted by molar-refractivity contribution is 0.449. The molecule has 2 atom stereocenters. The van der Waals surface area contributed by atoms with Gasteiger partial charge in [-0.2, -0.15) is 0 Å². The van der Waals surface area contributed by atoms with Gasteiger partial charge in [-0.15, -0.1) is 11.6 Å². The molecule has 0 aromatic heterocycles. The predicted octanol–water partition coefficient (Wildman–Crippen LogP) is 4.51. The molecule has 1 aliphatic rings. The number of alkyl halides is 1. The molecule has 1 aromatic carbocycles. The van der Waals surface area contributed by atoms with Crippen molar-refractivity contribution in [2.24, 2.45) is 0 Å². The second kappa shape index (κ2) is 5.03. The van der Waals surface area contributed by atoms with E-state index in [9.17, 15) is 0 Å². The van der Waals surface area contributed by atoms with Gasteiger partial charge in [0.05, 0.1) is 0 Å². The smallest absolute Gasteiger partial charge is 0.0341 e. The highest BCUT2D eigenvalue weighted by Crippen LogP contribution is 2.35. The van der Waals surface area contributed by atoms with Crippen LogP contribution < -0.4 is 0 Å². The molecule has 0 saturated heterocycles. The summed E-state index contributed by atoms with van der Waals surface area (Å²) in [7, 11) is 0. The number of rotatable bonds is 2. The van der Waals surface area contributed by atoms with E-state index in [-0.39, 0.29) is 0 Å². The quantitative estimate of drug-likeness (QED) is 0.646. The van der Waals surface area contributed by atoms with Crippen LogP contribution in [0.15, 0.2) is 24.3 Å². The van der Waals surface area contributed by atoms with E-state index in [1.165, 1.54) is 30.4 Å². The summed E-state index contributed by atoms with van der Waals surface area (Å²) in [6.07, 6.45) is 6.09. The van der Waals surface area contributed by atoms with Gasteiger partial charge in [0.2, 0.25) is 0 Å². The Morgan fingerprint density at radius 2 is 1.93 bits per heavy atom. The van der Waals surface area contributed by atoms with Gasteiger partial charge in [-0.1, -0.05) is 37.6 Å². The van der Waals surface area contributed by atoms with E-state index in [4.69, 9.17) is 11.6 Å². The average Bonchev–Trinajstić information content (AvgIpc) is 2.29. The molecule has 0 heterocycles. The normalized spacial score (nSPS) is 26.5. The van der Waals surface area contributed by atoms with Crippen molar-refractivity contribution < 1.29 is 0 Å². The van der Waals surface area contributed by atoms with Crippen LogP contribution in [-0.4, -0.2) is 5.38 Å². The molecular weight excluding hydrogens is 204 g/mol. The van der Waals surface area contributed by atoms with Gasteiger partial charge in [0.15, 0.2) is 0 Å². The Morgan fingerprint density at radius 1 is 1.20 bits per heavy atom. The molecule has 2 unspecified atom stereocenters.